The summed E-state index contributed by atoms with van der Waals surface area (Å²) in [6.07, 6.45) is 0.441. The number of nitrogens with zero attached hydrogens (tertiary/aromatic N) is 2. The maximum atomic E-state index is 13.4. The summed E-state index contributed by atoms with van der Waals surface area (Å²) < 4.78 is 29.0. The quantitative estimate of drug-likeness (QED) is 0.454. The molecule has 1 aliphatic rings. The van der Waals surface area contributed by atoms with Crippen molar-refractivity contribution >= 4 is 43.3 Å². The van der Waals surface area contributed by atoms with E-state index in [9.17, 15) is 8.42 Å². The van der Waals surface area contributed by atoms with Gasteiger partial charge in [-0.25, -0.2) is 0 Å². The van der Waals surface area contributed by atoms with Crippen molar-refractivity contribution in [2.45, 2.75) is 24.3 Å². The van der Waals surface area contributed by atoms with Crippen LogP contribution in [0.3, 0.4) is 0 Å². The van der Waals surface area contributed by atoms with Crippen molar-refractivity contribution in [2.75, 3.05) is 0 Å². The van der Waals surface area contributed by atoms with Crippen molar-refractivity contribution < 1.29 is 8.42 Å². The van der Waals surface area contributed by atoms with E-state index >= 15 is 0 Å². The molecule has 1 heterocycles. The zero-order valence-electron chi connectivity index (χ0n) is 15.6. The number of rotatable bonds is 4. The molecule has 1 aliphatic heterocycles. The van der Waals surface area contributed by atoms with E-state index in [0.717, 1.165) is 21.2 Å². The van der Waals surface area contributed by atoms with Crippen LogP contribution in [0.15, 0.2) is 87.3 Å². The van der Waals surface area contributed by atoms with Crippen LogP contribution in [0.25, 0.3) is 0 Å². The highest BCUT2D eigenvalue weighted by Crippen LogP contribution is 2.39. The molecule has 0 unspecified atom stereocenters. The fourth-order valence-corrected chi connectivity index (χ4v) is 5.27. The maximum absolute atomic E-state index is 13.4. The minimum atomic E-state index is -3.84. The molecule has 3 aromatic carbocycles. The third kappa shape index (κ3) is 3.97. The zero-order valence-corrected chi connectivity index (χ0v) is 18.7. The van der Waals surface area contributed by atoms with E-state index in [1.807, 2.05) is 49.4 Å². The predicted molar refractivity (Wildman–Crippen MR) is 120 cm³/mol. The summed E-state index contributed by atoms with van der Waals surface area (Å²) in [7, 11) is -3.84. The molecule has 0 fully saturated rings. The van der Waals surface area contributed by atoms with E-state index in [1.54, 1.807) is 30.3 Å². The van der Waals surface area contributed by atoms with Gasteiger partial charge in [0.05, 0.1) is 16.6 Å². The highest BCUT2D eigenvalue weighted by atomic mass is 79.9. The van der Waals surface area contributed by atoms with Gasteiger partial charge in [-0.05, 0) is 48.4 Å². The van der Waals surface area contributed by atoms with Gasteiger partial charge < -0.3 is 0 Å². The molecule has 0 spiro atoms. The van der Waals surface area contributed by atoms with Crippen LogP contribution in [0.4, 0.5) is 0 Å². The van der Waals surface area contributed by atoms with Crippen molar-refractivity contribution in [3.05, 3.63) is 99.0 Å². The van der Waals surface area contributed by atoms with Gasteiger partial charge in [-0.1, -0.05) is 75.6 Å². The molecule has 29 heavy (non-hydrogen) atoms. The Kier molecular flexibility index (Phi) is 5.51. The first-order valence-electron chi connectivity index (χ1n) is 9.05. The van der Waals surface area contributed by atoms with Crippen LogP contribution in [-0.2, 0) is 10.0 Å². The largest absolute Gasteiger partial charge is 0.279 e. The summed E-state index contributed by atoms with van der Waals surface area (Å²) in [5.74, 6) is 0. The molecule has 0 radical (unpaired) electrons. The van der Waals surface area contributed by atoms with Gasteiger partial charge in [-0.3, -0.25) is 0 Å². The Balaban J connectivity index is 1.82. The van der Waals surface area contributed by atoms with Crippen LogP contribution >= 0.6 is 27.5 Å². The lowest BCUT2D eigenvalue weighted by Crippen LogP contribution is -2.27. The Morgan fingerprint density at radius 1 is 1.00 bits per heavy atom. The van der Waals surface area contributed by atoms with E-state index in [2.05, 4.69) is 21.0 Å². The number of hydrazone groups is 1. The Morgan fingerprint density at radius 3 is 2.31 bits per heavy atom. The van der Waals surface area contributed by atoms with Gasteiger partial charge >= 0.3 is 0 Å². The lowest BCUT2D eigenvalue weighted by Gasteiger charge is -2.24. The third-order valence-corrected chi connectivity index (χ3v) is 7.45. The first kappa shape index (κ1) is 20.1. The molecule has 7 heteroatoms. The van der Waals surface area contributed by atoms with Gasteiger partial charge in [0.25, 0.3) is 10.0 Å². The fraction of sp³-hybridized carbons (Fsp3) is 0.136. The molecule has 1 atom stereocenters. The van der Waals surface area contributed by atoms with Gasteiger partial charge in [-0.2, -0.15) is 17.9 Å². The van der Waals surface area contributed by atoms with Crippen LogP contribution in [0.1, 0.15) is 29.2 Å². The summed E-state index contributed by atoms with van der Waals surface area (Å²) >= 11 is 9.85. The van der Waals surface area contributed by atoms with Crippen LogP contribution < -0.4 is 0 Å². The van der Waals surface area contributed by atoms with E-state index in [-0.39, 0.29) is 4.90 Å². The molecule has 4 rings (SSSR count). The number of sulfonamides is 1. The number of benzene rings is 3. The molecule has 0 amide bonds. The SMILES string of the molecule is Cc1ccc(S(=O)(=O)N2N=C(c3ccc(Br)cc3)C[C@H]2c2ccccc2Cl)cc1. The predicted octanol–water partition coefficient (Wildman–Crippen LogP) is 5.95. The lowest BCUT2D eigenvalue weighted by atomic mass is 9.99. The Labute approximate surface area is 184 Å². The Hall–Kier alpha value is -2.15. The highest BCUT2D eigenvalue weighted by Gasteiger charge is 2.38. The van der Waals surface area contributed by atoms with E-state index in [1.165, 1.54) is 4.41 Å². The molecule has 4 nitrogen and oxygen atoms in total. The first-order chi connectivity index (χ1) is 13.9. The second-order valence-electron chi connectivity index (χ2n) is 6.89. The topological polar surface area (TPSA) is 49.7 Å². The summed E-state index contributed by atoms with van der Waals surface area (Å²) in [5, 5.41) is 5.07. The molecular formula is C22H18BrClN2O2S. The van der Waals surface area contributed by atoms with Gasteiger partial charge in [0.1, 0.15) is 0 Å². The summed E-state index contributed by atoms with van der Waals surface area (Å²) in [6, 6.07) is 21.3. The number of halogens is 2. The molecule has 0 bridgehead atoms. The van der Waals surface area contributed by atoms with Crippen LogP contribution in [0.2, 0.25) is 5.02 Å². The van der Waals surface area contributed by atoms with Gasteiger partial charge in [0, 0.05) is 15.9 Å². The van der Waals surface area contributed by atoms with Crippen LogP contribution in [-0.4, -0.2) is 18.5 Å². The van der Waals surface area contributed by atoms with Crippen molar-refractivity contribution in [3.63, 3.8) is 0 Å². The minimum absolute atomic E-state index is 0.209. The maximum Gasteiger partial charge on any atom is 0.279 e. The zero-order chi connectivity index (χ0) is 20.6. The van der Waals surface area contributed by atoms with E-state index in [4.69, 9.17) is 11.6 Å². The molecular weight excluding hydrogens is 472 g/mol. The summed E-state index contributed by atoms with van der Waals surface area (Å²) in [4.78, 5) is 0.209. The molecule has 0 aliphatic carbocycles. The molecule has 0 saturated carbocycles. The van der Waals surface area contributed by atoms with Crippen LogP contribution in [0.5, 0.6) is 0 Å². The average Bonchev–Trinajstić information content (AvgIpc) is 3.15. The van der Waals surface area contributed by atoms with Crippen LogP contribution in [0, 0.1) is 6.92 Å². The molecule has 3 aromatic rings. The molecule has 0 N–H and O–H groups in total. The standard InChI is InChI=1S/C22H18BrClN2O2S/c1-15-6-12-18(13-7-15)29(27,28)26-22(19-4-2-3-5-20(19)24)14-21(25-26)16-8-10-17(23)11-9-16/h2-13,22H,14H2,1H3/t22-/m0/s1. The van der Waals surface area contributed by atoms with E-state index < -0.39 is 16.1 Å². The fourth-order valence-electron chi connectivity index (χ4n) is 3.32. The molecule has 0 aromatic heterocycles. The monoisotopic (exact) mass is 488 g/mol. The van der Waals surface area contributed by atoms with Crippen molar-refractivity contribution in [3.8, 4) is 0 Å². The normalized spacial score (nSPS) is 16.7. The lowest BCUT2D eigenvalue weighted by molar-refractivity contribution is 0.371. The first-order valence-corrected chi connectivity index (χ1v) is 11.7. The Bertz CT molecular complexity index is 1180. The van der Waals surface area contributed by atoms with E-state index in [0.29, 0.717) is 17.2 Å². The highest BCUT2D eigenvalue weighted by molar-refractivity contribution is 9.10. The van der Waals surface area contributed by atoms with Crippen molar-refractivity contribution in [1.29, 1.82) is 0 Å². The van der Waals surface area contributed by atoms with Gasteiger partial charge in [-0.15, -0.1) is 0 Å². The van der Waals surface area contributed by atoms with Gasteiger partial charge in [0.15, 0.2) is 0 Å². The average molecular weight is 490 g/mol. The molecule has 0 saturated heterocycles. The van der Waals surface area contributed by atoms with Crippen molar-refractivity contribution in [2.24, 2.45) is 5.10 Å². The van der Waals surface area contributed by atoms with Gasteiger partial charge in [0.2, 0.25) is 0 Å². The summed E-state index contributed by atoms with van der Waals surface area (Å²) in [5.41, 5.74) is 3.32. The summed E-state index contributed by atoms with van der Waals surface area (Å²) in [6.45, 7) is 1.92. The third-order valence-electron chi connectivity index (χ3n) is 4.88. The smallest absolute Gasteiger partial charge is 0.200 e. The number of aryl methyl sites for hydroxylation is 1. The number of hydrogen-bond acceptors (Lipinski definition) is 3. The second-order valence-corrected chi connectivity index (χ2v) is 10.0. The second kappa shape index (κ2) is 7.94. The van der Waals surface area contributed by atoms with Crippen molar-refractivity contribution in [1.82, 2.24) is 4.41 Å². The Morgan fingerprint density at radius 2 is 1.66 bits per heavy atom. The number of hydrogen-bond donors (Lipinski definition) is 0. The molecule has 148 valence electrons. The minimum Gasteiger partial charge on any atom is -0.200 e.